The van der Waals surface area contributed by atoms with Gasteiger partial charge in [-0.1, -0.05) is 19.9 Å². The van der Waals surface area contributed by atoms with E-state index in [2.05, 4.69) is 19.9 Å². The summed E-state index contributed by atoms with van der Waals surface area (Å²) in [5.41, 5.74) is 8.90. The van der Waals surface area contributed by atoms with Gasteiger partial charge in [0, 0.05) is 17.5 Å². The van der Waals surface area contributed by atoms with Gasteiger partial charge in [-0.15, -0.1) is 0 Å². The average Bonchev–Trinajstić information content (AvgIpc) is 2.59. The first-order valence-electron chi connectivity index (χ1n) is 7.34. The zero-order chi connectivity index (χ0) is 13.5. The van der Waals surface area contributed by atoms with Crippen molar-refractivity contribution < 1.29 is 9.47 Å². The minimum atomic E-state index is -0.149. The van der Waals surface area contributed by atoms with E-state index in [-0.39, 0.29) is 5.54 Å². The molecule has 1 aromatic rings. The molecule has 0 unspecified atom stereocenters. The number of hydrogen-bond donors (Lipinski definition) is 1. The minimum absolute atomic E-state index is 0.149. The molecule has 1 aliphatic carbocycles. The molecule has 2 N–H and O–H groups in total. The Labute approximate surface area is 115 Å². The van der Waals surface area contributed by atoms with Crippen LogP contribution in [0.15, 0.2) is 12.1 Å². The van der Waals surface area contributed by atoms with Crippen LogP contribution in [0.4, 0.5) is 0 Å². The highest BCUT2D eigenvalue weighted by Crippen LogP contribution is 2.47. The quantitative estimate of drug-likeness (QED) is 0.888. The van der Waals surface area contributed by atoms with Crippen LogP contribution in [0, 0.1) is 0 Å². The number of rotatable bonds is 2. The number of benzene rings is 1. The summed E-state index contributed by atoms with van der Waals surface area (Å²) in [6, 6.07) is 4.19. The second-order valence-electron chi connectivity index (χ2n) is 6.07. The van der Waals surface area contributed by atoms with Crippen molar-refractivity contribution in [3.05, 3.63) is 23.3 Å². The second-order valence-corrected chi connectivity index (χ2v) is 6.07. The van der Waals surface area contributed by atoms with Gasteiger partial charge in [0.1, 0.15) is 0 Å². The highest BCUT2D eigenvalue weighted by molar-refractivity contribution is 5.55. The Morgan fingerprint density at radius 1 is 1.11 bits per heavy atom. The summed E-state index contributed by atoms with van der Waals surface area (Å²) in [7, 11) is 0. The van der Waals surface area contributed by atoms with Crippen LogP contribution in [-0.4, -0.2) is 13.2 Å². The predicted octanol–water partition coefficient (Wildman–Crippen LogP) is 3.31. The number of fused-ring (bicyclic) bond motifs is 1. The molecule has 3 heteroatoms. The molecule has 104 valence electrons. The SMILES string of the molecule is CC(C)c1c(C2(N)CCC2)ccc2c1OCCCO2. The molecule has 0 aromatic heterocycles. The van der Waals surface area contributed by atoms with Gasteiger partial charge < -0.3 is 15.2 Å². The minimum Gasteiger partial charge on any atom is -0.490 e. The van der Waals surface area contributed by atoms with Crippen LogP contribution in [0.25, 0.3) is 0 Å². The lowest BCUT2D eigenvalue weighted by atomic mass is 9.70. The van der Waals surface area contributed by atoms with E-state index in [4.69, 9.17) is 15.2 Å². The molecule has 1 aromatic carbocycles. The van der Waals surface area contributed by atoms with Gasteiger partial charge in [-0.25, -0.2) is 0 Å². The van der Waals surface area contributed by atoms with E-state index in [1.54, 1.807) is 0 Å². The van der Waals surface area contributed by atoms with E-state index in [1.165, 1.54) is 17.5 Å². The molecule has 1 saturated carbocycles. The van der Waals surface area contributed by atoms with Crippen molar-refractivity contribution in [3.63, 3.8) is 0 Å². The average molecular weight is 261 g/mol. The van der Waals surface area contributed by atoms with Gasteiger partial charge >= 0.3 is 0 Å². The topological polar surface area (TPSA) is 44.5 Å². The summed E-state index contributed by atoms with van der Waals surface area (Å²) in [6.45, 7) is 5.87. The number of nitrogens with two attached hydrogens (primary N) is 1. The van der Waals surface area contributed by atoms with Crippen LogP contribution >= 0.6 is 0 Å². The molecular weight excluding hydrogens is 238 g/mol. The highest BCUT2D eigenvalue weighted by atomic mass is 16.5. The monoisotopic (exact) mass is 261 g/mol. The molecule has 3 nitrogen and oxygen atoms in total. The molecule has 3 rings (SSSR count). The van der Waals surface area contributed by atoms with Crippen molar-refractivity contribution in [2.45, 2.75) is 51.0 Å². The van der Waals surface area contributed by atoms with Crippen LogP contribution in [0.3, 0.4) is 0 Å². The third kappa shape index (κ3) is 2.10. The molecule has 1 aliphatic heterocycles. The Kier molecular flexibility index (Phi) is 3.17. The first kappa shape index (κ1) is 12.8. The van der Waals surface area contributed by atoms with Crippen molar-refractivity contribution in [1.82, 2.24) is 0 Å². The van der Waals surface area contributed by atoms with Gasteiger partial charge in [0.05, 0.1) is 13.2 Å². The summed E-state index contributed by atoms with van der Waals surface area (Å²) >= 11 is 0. The second kappa shape index (κ2) is 4.71. The fraction of sp³-hybridized carbons (Fsp3) is 0.625. The maximum atomic E-state index is 6.54. The zero-order valence-corrected chi connectivity index (χ0v) is 11.9. The summed E-state index contributed by atoms with van der Waals surface area (Å²) in [6.07, 6.45) is 4.32. The molecule has 1 heterocycles. The van der Waals surface area contributed by atoms with Crippen LogP contribution in [-0.2, 0) is 5.54 Å². The van der Waals surface area contributed by atoms with E-state index in [9.17, 15) is 0 Å². The molecule has 19 heavy (non-hydrogen) atoms. The molecule has 0 bridgehead atoms. The number of hydrogen-bond acceptors (Lipinski definition) is 3. The smallest absolute Gasteiger partial charge is 0.164 e. The first-order chi connectivity index (χ1) is 9.12. The Morgan fingerprint density at radius 3 is 2.47 bits per heavy atom. The Balaban J connectivity index is 2.12. The summed E-state index contributed by atoms with van der Waals surface area (Å²) in [5.74, 6) is 2.21. The van der Waals surface area contributed by atoms with Crippen molar-refractivity contribution >= 4 is 0 Å². The van der Waals surface area contributed by atoms with Gasteiger partial charge in [0.15, 0.2) is 11.5 Å². The van der Waals surface area contributed by atoms with Gasteiger partial charge in [-0.05, 0) is 36.8 Å². The fourth-order valence-electron chi connectivity index (χ4n) is 3.09. The highest BCUT2D eigenvalue weighted by Gasteiger charge is 2.38. The van der Waals surface area contributed by atoms with E-state index in [0.29, 0.717) is 5.92 Å². The number of ether oxygens (including phenoxy) is 2. The van der Waals surface area contributed by atoms with E-state index < -0.39 is 0 Å². The van der Waals surface area contributed by atoms with E-state index in [0.717, 1.165) is 44.0 Å². The maximum Gasteiger partial charge on any atom is 0.164 e. The summed E-state index contributed by atoms with van der Waals surface area (Å²) < 4.78 is 11.8. The Bertz CT molecular complexity index is 478. The molecule has 0 spiro atoms. The lowest BCUT2D eigenvalue weighted by molar-refractivity contribution is 0.248. The van der Waals surface area contributed by atoms with Crippen molar-refractivity contribution in [2.24, 2.45) is 5.73 Å². The van der Waals surface area contributed by atoms with Crippen molar-refractivity contribution in [1.29, 1.82) is 0 Å². The summed E-state index contributed by atoms with van der Waals surface area (Å²) in [4.78, 5) is 0. The molecule has 0 amide bonds. The van der Waals surface area contributed by atoms with E-state index >= 15 is 0 Å². The lowest BCUT2D eigenvalue weighted by Gasteiger charge is -2.41. The third-order valence-electron chi connectivity index (χ3n) is 4.31. The van der Waals surface area contributed by atoms with Gasteiger partial charge in [-0.3, -0.25) is 0 Å². The van der Waals surface area contributed by atoms with Crippen LogP contribution < -0.4 is 15.2 Å². The van der Waals surface area contributed by atoms with Crippen molar-refractivity contribution in [3.8, 4) is 11.5 Å². The molecular formula is C16H23NO2. The molecule has 0 saturated heterocycles. The normalized spacial score (nSPS) is 20.8. The van der Waals surface area contributed by atoms with Crippen LogP contribution in [0.5, 0.6) is 11.5 Å². The maximum absolute atomic E-state index is 6.54. The standard InChI is InChI=1S/C16H23NO2/c1-11(2)14-12(16(17)7-3-8-16)5-6-13-15(14)19-10-4-9-18-13/h5-6,11H,3-4,7-10,17H2,1-2H3. The zero-order valence-electron chi connectivity index (χ0n) is 11.9. The van der Waals surface area contributed by atoms with Crippen molar-refractivity contribution in [2.75, 3.05) is 13.2 Å². The lowest BCUT2D eigenvalue weighted by Crippen LogP contribution is -2.44. The van der Waals surface area contributed by atoms with Crippen LogP contribution in [0.1, 0.15) is 56.6 Å². The largest absolute Gasteiger partial charge is 0.490 e. The Morgan fingerprint density at radius 2 is 1.84 bits per heavy atom. The summed E-state index contributed by atoms with van der Waals surface area (Å²) in [5, 5.41) is 0. The molecule has 2 aliphatic rings. The van der Waals surface area contributed by atoms with Gasteiger partial charge in [-0.2, -0.15) is 0 Å². The predicted molar refractivity (Wildman–Crippen MR) is 75.9 cm³/mol. The molecule has 0 radical (unpaired) electrons. The fourth-order valence-corrected chi connectivity index (χ4v) is 3.09. The molecule has 1 fully saturated rings. The molecule has 0 atom stereocenters. The third-order valence-corrected chi connectivity index (χ3v) is 4.31. The van der Waals surface area contributed by atoms with Gasteiger partial charge in [0.25, 0.3) is 0 Å². The first-order valence-corrected chi connectivity index (χ1v) is 7.34. The van der Waals surface area contributed by atoms with E-state index in [1.807, 2.05) is 6.07 Å². The van der Waals surface area contributed by atoms with Crippen LogP contribution in [0.2, 0.25) is 0 Å². The van der Waals surface area contributed by atoms with Gasteiger partial charge in [0.2, 0.25) is 0 Å². The Hall–Kier alpha value is -1.22.